The fraction of sp³-hybridized carbons (Fsp3) is 0.100. The van der Waals surface area contributed by atoms with Crippen LogP contribution in [0.15, 0.2) is 57.7 Å². The van der Waals surface area contributed by atoms with Gasteiger partial charge in [-0.3, -0.25) is 0 Å². The molecule has 2 aromatic carbocycles. The Labute approximate surface area is 142 Å². The number of fused-ring (bicyclic) bond motifs is 2. The number of carbonyl (C=O) groups is 1. The van der Waals surface area contributed by atoms with Crippen LogP contribution in [0, 0.1) is 6.92 Å². The third-order valence-electron chi connectivity index (χ3n) is 4.46. The maximum absolute atomic E-state index is 12.5. The van der Waals surface area contributed by atoms with E-state index in [1.165, 1.54) is 0 Å². The number of benzene rings is 2. The number of aryl methyl sites for hydroxylation is 2. The van der Waals surface area contributed by atoms with Crippen LogP contribution < -0.4 is 5.63 Å². The van der Waals surface area contributed by atoms with Crippen LogP contribution in [0.25, 0.3) is 33.1 Å². The molecule has 0 aliphatic heterocycles. The normalized spacial score (nSPS) is 11.3. The molecule has 0 radical (unpaired) electrons. The second-order valence-electron chi connectivity index (χ2n) is 6.16. The third kappa shape index (κ3) is 2.41. The molecule has 0 atom stereocenters. The molecule has 0 bridgehead atoms. The zero-order valence-corrected chi connectivity index (χ0v) is 13.7. The molecule has 0 fully saturated rings. The summed E-state index contributed by atoms with van der Waals surface area (Å²) in [7, 11) is 1.84. The number of hydrogen-bond donors (Lipinski definition) is 1. The molecule has 1 N–H and O–H groups in total. The van der Waals surface area contributed by atoms with Crippen LogP contribution in [-0.2, 0) is 7.05 Å². The van der Waals surface area contributed by atoms with Gasteiger partial charge in [-0.25, -0.2) is 9.59 Å². The fourth-order valence-electron chi connectivity index (χ4n) is 3.14. The first-order chi connectivity index (χ1) is 11.9. The number of aromatic carboxylic acids is 1. The molecule has 2 heterocycles. The van der Waals surface area contributed by atoms with E-state index < -0.39 is 11.6 Å². The Hall–Kier alpha value is -3.34. The quantitative estimate of drug-likeness (QED) is 0.564. The molecular weight excluding hydrogens is 318 g/mol. The predicted octanol–water partition coefficient (Wildman–Crippen LogP) is 3.96. The first-order valence-corrected chi connectivity index (χ1v) is 7.82. The van der Waals surface area contributed by atoms with Crippen molar-refractivity contribution in [2.45, 2.75) is 6.92 Å². The molecule has 0 amide bonds. The minimum Gasteiger partial charge on any atom is -0.478 e. The highest BCUT2D eigenvalue weighted by molar-refractivity contribution is 5.96. The van der Waals surface area contributed by atoms with Crippen LogP contribution in [-0.4, -0.2) is 15.6 Å². The molecule has 4 rings (SSSR count). The summed E-state index contributed by atoms with van der Waals surface area (Å²) in [6.07, 6.45) is 0. The molecule has 5 nitrogen and oxygen atoms in total. The van der Waals surface area contributed by atoms with Gasteiger partial charge in [0.05, 0.1) is 16.8 Å². The molecule has 0 unspecified atom stereocenters. The molecule has 5 heteroatoms. The van der Waals surface area contributed by atoms with E-state index in [0.29, 0.717) is 16.8 Å². The summed E-state index contributed by atoms with van der Waals surface area (Å²) in [5.74, 6) is -0.979. The van der Waals surface area contributed by atoms with E-state index in [9.17, 15) is 9.59 Å². The average molecular weight is 333 g/mol. The second-order valence-corrected chi connectivity index (χ2v) is 6.16. The van der Waals surface area contributed by atoms with E-state index in [4.69, 9.17) is 9.52 Å². The van der Waals surface area contributed by atoms with Gasteiger partial charge in [-0.15, -0.1) is 0 Å². The van der Waals surface area contributed by atoms with Gasteiger partial charge in [-0.05, 0) is 48.9 Å². The van der Waals surface area contributed by atoms with E-state index in [2.05, 4.69) is 0 Å². The fourth-order valence-corrected chi connectivity index (χ4v) is 3.14. The summed E-state index contributed by atoms with van der Waals surface area (Å²) >= 11 is 0. The standard InChI is InChI=1S/C20H15NO4/c1-11-3-4-12-9-15(20(24)25-18(12)7-11)17-10-14-8-13(19(22)23)5-6-16(14)21(17)2/h3-10H,1-2H3,(H,22,23). The number of carboxylic acid groups (broad SMARTS) is 1. The van der Waals surface area contributed by atoms with Gasteiger partial charge in [-0.2, -0.15) is 0 Å². The Morgan fingerprint density at radius 2 is 1.84 bits per heavy atom. The van der Waals surface area contributed by atoms with Crippen LogP contribution >= 0.6 is 0 Å². The lowest BCUT2D eigenvalue weighted by Crippen LogP contribution is -2.05. The molecule has 4 aromatic rings. The van der Waals surface area contributed by atoms with E-state index in [1.807, 2.05) is 48.9 Å². The number of rotatable bonds is 2. The monoisotopic (exact) mass is 333 g/mol. The SMILES string of the molecule is Cc1ccc2cc(-c3cc4cc(C(=O)O)ccc4n3C)c(=O)oc2c1. The molecule has 0 saturated heterocycles. The number of carboxylic acids is 1. The van der Waals surface area contributed by atoms with Gasteiger partial charge >= 0.3 is 11.6 Å². The second kappa shape index (κ2) is 5.34. The average Bonchev–Trinajstić information content (AvgIpc) is 2.90. The van der Waals surface area contributed by atoms with Crippen molar-refractivity contribution in [2.24, 2.45) is 7.05 Å². The minimum atomic E-state index is -0.979. The third-order valence-corrected chi connectivity index (χ3v) is 4.46. The smallest absolute Gasteiger partial charge is 0.345 e. The van der Waals surface area contributed by atoms with Crippen LogP contribution in [0.2, 0.25) is 0 Å². The van der Waals surface area contributed by atoms with Crippen molar-refractivity contribution in [1.29, 1.82) is 0 Å². The van der Waals surface area contributed by atoms with Gasteiger partial charge in [0.2, 0.25) is 0 Å². The molecule has 0 saturated carbocycles. The van der Waals surface area contributed by atoms with Crippen molar-refractivity contribution in [3.05, 3.63) is 70.1 Å². The maximum Gasteiger partial charge on any atom is 0.345 e. The maximum atomic E-state index is 12.5. The van der Waals surface area contributed by atoms with Crippen LogP contribution in [0.1, 0.15) is 15.9 Å². The predicted molar refractivity (Wildman–Crippen MR) is 96.1 cm³/mol. The molecule has 25 heavy (non-hydrogen) atoms. The van der Waals surface area contributed by atoms with Gasteiger partial charge in [0, 0.05) is 23.3 Å². The Kier molecular flexibility index (Phi) is 3.25. The zero-order valence-electron chi connectivity index (χ0n) is 13.7. The minimum absolute atomic E-state index is 0.214. The van der Waals surface area contributed by atoms with E-state index in [1.54, 1.807) is 18.2 Å². The van der Waals surface area contributed by atoms with Gasteiger partial charge in [0.1, 0.15) is 5.58 Å². The highest BCUT2D eigenvalue weighted by Gasteiger charge is 2.15. The van der Waals surface area contributed by atoms with Crippen LogP contribution in [0.3, 0.4) is 0 Å². The van der Waals surface area contributed by atoms with Gasteiger partial charge in [0.15, 0.2) is 0 Å². The lowest BCUT2D eigenvalue weighted by atomic mass is 10.1. The Morgan fingerprint density at radius 3 is 2.60 bits per heavy atom. The molecule has 0 spiro atoms. The van der Waals surface area contributed by atoms with E-state index in [0.717, 1.165) is 21.9 Å². The van der Waals surface area contributed by atoms with Crippen molar-refractivity contribution in [3.8, 4) is 11.3 Å². The first-order valence-electron chi connectivity index (χ1n) is 7.82. The van der Waals surface area contributed by atoms with Crippen molar-refractivity contribution >= 4 is 27.8 Å². The van der Waals surface area contributed by atoms with Gasteiger partial charge in [0.25, 0.3) is 0 Å². The largest absolute Gasteiger partial charge is 0.478 e. The van der Waals surface area contributed by atoms with Gasteiger partial charge in [-0.1, -0.05) is 12.1 Å². The van der Waals surface area contributed by atoms with E-state index in [-0.39, 0.29) is 5.56 Å². The van der Waals surface area contributed by atoms with E-state index >= 15 is 0 Å². The Bertz CT molecular complexity index is 1210. The first kappa shape index (κ1) is 15.2. The summed E-state index contributed by atoms with van der Waals surface area (Å²) < 4.78 is 7.35. The number of hydrogen-bond acceptors (Lipinski definition) is 3. The molecule has 124 valence electrons. The van der Waals surface area contributed by atoms with Crippen LogP contribution in [0.4, 0.5) is 0 Å². The van der Waals surface area contributed by atoms with Gasteiger partial charge < -0.3 is 14.1 Å². The van der Waals surface area contributed by atoms with Crippen molar-refractivity contribution in [1.82, 2.24) is 4.57 Å². The summed E-state index contributed by atoms with van der Waals surface area (Å²) in [6, 6.07) is 14.2. The molecule has 0 aliphatic rings. The van der Waals surface area contributed by atoms with Crippen molar-refractivity contribution in [2.75, 3.05) is 0 Å². The number of nitrogens with zero attached hydrogens (tertiary/aromatic N) is 1. The topological polar surface area (TPSA) is 72.4 Å². The molecule has 0 aliphatic carbocycles. The highest BCUT2D eigenvalue weighted by atomic mass is 16.4. The summed E-state index contributed by atoms with van der Waals surface area (Å²) in [6.45, 7) is 1.94. The summed E-state index contributed by atoms with van der Waals surface area (Å²) in [4.78, 5) is 23.6. The van der Waals surface area contributed by atoms with Crippen LogP contribution in [0.5, 0.6) is 0 Å². The lowest BCUT2D eigenvalue weighted by molar-refractivity contribution is 0.0697. The Balaban J connectivity index is 1.97. The highest BCUT2D eigenvalue weighted by Crippen LogP contribution is 2.28. The lowest BCUT2D eigenvalue weighted by Gasteiger charge is -2.05. The number of aromatic nitrogens is 1. The molecule has 2 aromatic heterocycles. The summed E-state index contributed by atoms with van der Waals surface area (Å²) in [5.41, 5.74) is 3.37. The molecular formula is C20H15NO4. The van der Waals surface area contributed by atoms with Crippen molar-refractivity contribution in [3.63, 3.8) is 0 Å². The van der Waals surface area contributed by atoms with Crippen molar-refractivity contribution < 1.29 is 14.3 Å². The summed E-state index contributed by atoms with van der Waals surface area (Å²) in [5, 5.41) is 10.8. The zero-order chi connectivity index (χ0) is 17.7. The Morgan fingerprint density at radius 1 is 1.04 bits per heavy atom.